The number of hydrogen-bond donors (Lipinski definition) is 3. The Morgan fingerprint density at radius 1 is 1.07 bits per heavy atom. The fraction of sp³-hybridized carbons (Fsp3) is 0.318. The number of thiophene rings is 1. The lowest BCUT2D eigenvalue weighted by atomic mass is 9.95. The quantitative estimate of drug-likeness (QED) is 0.496. The first-order valence-electron chi connectivity index (χ1n) is 9.54. The van der Waals surface area contributed by atoms with Crippen molar-refractivity contribution in [2.45, 2.75) is 19.3 Å². The van der Waals surface area contributed by atoms with Gasteiger partial charge in [0.25, 0.3) is 0 Å². The number of benzene rings is 2. The molecule has 1 saturated heterocycles. The molecule has 3 aromatic rings. The molecule has 4 rings (SSSR count). The maximum absolute atomic E-state index is 13.0. The van der Waals surface area contributed by atoms with E-state index in [0.717, 1.165) is 52.9 Å². The predicted molar refractivity (Wildman–Crippen MR) is 118 cm³/mol. The first kappa shape index (κ1) is 21.4. The molecule has 0 spiro atoms. The number of esters is 1. The first-order valence-corrected chi connectivity index (χ1v) is 10.4. The Morgan fingerprint density at radius 3 is 2.48 bits per heavy atom. The molecular weight excluding hydrogens is 410 g/mol. The Kier molecular flexibility index (Phi) is 7.00. The molecular formula is C22H24ClNO4S. The number of hydrogen-bond acceptors (Lipinski definition) is 6. The summed E-state index contributed by atoms with van der Waals surface area (Å²) >= 11 is 1.44. The molecule has 0 saturated carbocycles. The van der Waals surface area contributed by atoms with Crippen molar-refractivity contribution in [1.29, 1.82) is 0 Å². The highest BCUT2D eigenvalue weighted by molar-refractivity contribution is 7.22. The molecule has 0 bridgehead atoms. The lowest BCUT2D eigenvalue weighted by Crippen LogP contribution is -2.28. The molecule has 7 heteroatoms. The molecule has 3 N–H and O–H groups in total. The molecule has 5 nitrogen and oxygen atoms in total. The van der Waals surface area contributed by atoms with Crippen molar-refractivity contribution in [3.8, 4) is 21.9 Å². The molecule has 29 heavy (non-hydrogen) atoms. The monoisotopic (exact) mass is 433 g/mol. The first-order chi connectivity index (χ1) is 13.6. The van der Waals surface area contributed by atoms with E-state index in [2.05, 4.69) is 5.32 Å². The van der Waals surface area contributed by atoms with E-state index in [1.165, 1.54) is 11.3 Å². The van der Waals surface area contributed by atoms with Crippen LogP contribution in [0, 0.1) is 5.92 Å². The maximum Gasteiger partial charge on any atom is 0.340 e. The van der Waals surface area contributed by atoms with Crippen LogP contribution < -0.4 is 5.32 Å². The smallest absolute Gasteiger partial charge is 0.340 e. The Balaban J connectivity index is 0.00000240. The number of fused-ring (bicyclic) bond motifs is 1. The van der Waals surface area contributed by atoms with Gasteiger partial charge in [0.1, 0.15) is 11.5 Å². The number of rotatable bonds is 5. The van der Waals surface area contributed by atoms with Crippen molar-refractivity contribution < 1.29 is 19.7 Å². The molecule has 2 aromatic carbocycles. The summed E-state index contributed by atoms with van der Waals surface area (Å²) in [5, 5.41) is 23.5. The van der Waals surface area contributed by atoms with E-state index in [-0.39, 0.29) is 29.9 Å². The van der Waals surface area contributed by atoms with E-state index in [0.29, 0.717) is 18.1 Å². The molecule has 1 aromatic heterocycles. The molecule has 1 aliphatic rings. The highest BCUT2D eigenvalue weighted by atomic mass is 35.5. The minimum Gasteiger partial charge on any atom is -0.508 e. The number of aromatic hydroxyl groups is 2. The zero-order chi connectivity index (χ0) is 19.5. The van der Waals surface area contributed by atoms with Crippen LogP contribution in [0.15, 0.2) is 42.5 Å². The third-order valence-corrected chi connectivity index (χ3v) is 6.43. The summed E-state index contributed by atoms with van der Waals surface area (Å²) in [5.74, 6) is 0.598. The van der Waals surface area contributed by atoms with Crippen LogP contribution in [0.25, 0.3) is 20.5 Å². The van der Waals surface area contributed by atoms with Gasteiger partial charge in [-0.25, -0.2) is 4.79 Å². The third kappa shape index (κ3) is 4.83. The molecule has 1 fully saturated rings. The highest BCUT2D eigenvalue weighted by Gasteiger charge is 2.22. The number of phenols is 2. The summed E-state index contributed by atoms with van der Waals surface area (Å²) in [6.45, 7) is 2.47. The largest absolute Gasteiger partial charge is 0.508 e. The normalized spacial score (nSPS) is 14.5. The van der Waals surface area contributed by atoms with Crippen LogP contribution in [0.2, 0.25) is 0 Å². The summed E-state index contributed by atoms with van der Waals surface area (Å²) in [7, 11) is 0. The number of ether oxygens (including phenoxy) is 1. The average molecular weight is 434 g/mol. The number of halogens is 1. The molecule has 0 unspecified atom stereocenters. The van der Waals surface area contributed by atoms with Gasteiger partial charge in [0.05, 0.1) is 17.0 Å². The summed E-state index contributed by atoms with van der Waals surface area (Å²) in [5.41, 5.74) is 1.36. The van der Waals surface area contributed by atoms with Crippen molar-refractivity contribution in [3.63, 3.8) is 0 Å². The van der Waals surface area contributed by atoms with Crippen LogP contribution >= 0.6 is 23.7 Å². The number of carbonyl (C=O) groups is 1. The number of nitrogens with one attached hydrogen (secondary N) is 1. The lowest BCUT2D eigenvalue weighted by molar-refractivity contribution is 0.0480. The van der Waals surface area contributed by atoms with Gasteiger partial charge < -0.3 is 20.3 Å². The Morgan fingerprint density at radius 2 is 1.76 bits per heavy atom. The molecule has 2 heterocycles. The summed E-state index contributed by atoms with van der Waals surface area (Å²) < 4.78 is 6.48. The Hall–Kier alpha value is -2.28. The van der Waals surface area contributed by atoms with E-state index in [4.69, 9.17) is 4.74 Å². The van der Waals surface area contributed by atoms with Crippen LogP contribution in [0.4, 0.5) is 0 Å². The van der Waals surface area contributed by atoms with Gasteiger partial charge in [-0.05, 0) is 86.3 Å². The fourth-order valence-electron chi connectivity index (χ4n) is 3.66. The molecule has 0 radical (unpaired) electrons. The van der Waals surface area contributed by atoms with Crippen molar-refractivity contribution in [2.75, 3.05) is 19.7 Å². The summed E-state index contributed by atoms with van der Waals surface area (Å²) in [4.78, 5) is 13.8. The van der Waals surface area contributed by atoms with E-state index in [1.54, 1.807) is 42.5 Å². The second-order valence-electron chi connectivity index (χ2n) is 7.15. The number of carbonyl (C=O) groups excluding carboxylic acids is 1. The van der Waals surface area contributed by atoms with Crippen LogP contribution in [0.5, 0.6) is 11.5 Å². The van der Waals surface area contributed by atoms with Gasteiger partial charge in [-0.3, -0.25) is 0 Å². The van der Waals surface area contributed by atoms with E-state index in [1.807, 2.05) is 0 Å². The van der Waals surface area contributed by atoms with E-state index in [9.17, 15) is 15.0 Å². The summed E-state index contributed by atoms with van der Waals surface area (Å²) in [6.07, 6.45) is 3.12. The zero-order valence-corrected chi connectivity index (χ0v) is 17.5. The Labute approximate surface area is 179 Å². The van der Waals surface area contributed by atoms with E-state index >= 15 is 0 Å². The third-order valence-electron chi connectivity index (χ3n) is 5.23. The number of piperidine rings is 1. The zero-order valence-electron chi connectivity index (χ0n) is 15.9. The Bertz CT molecular complexity index is 980. The van der Waals surface area contributed by atoms with Crippen molar-refractivity contribution >= 4 is 39.8 Å². The SMILES string of the molecule is Cl.O=C(OCCC1CCNCC1)c1c(-c2ccc(O)cc2)sc2cc(O)ccc12. The van der Waals surface area contributed by atoms with Gasteiger partial charge in [0.2, 0.25) is 0 Å². The van der Waals surface area contributed by atoms with Gasteiger partial charge in [-0.15, -0.1) is 23.7 Å². The van der Waals surface area contributed by atoms with Crippen molar-refractivity contribution in [3.05, 3.63) is 48.0 Å². The second-order valence-corrected chi connectivity index (χ2v) is 8.20. The van der Waals surface area contributed by atoms with Gasteiger partial charge in [0, 0.05) is 10.1 Å². The molecule has 0 atom stereocenters. The van der Waals surface area contributed by atoms with Crippen molar-refractivity contribution in [1.82, 2.24) is 5.32 Å². The molecule has 1 aliphatic heterocycles. The predicted octanol–water partition coefficient (Wildman–Crippen LogP) is 4.95. The van der Waals surface area contributed by atoms with Gasteiger partial charge in [0.15, 0.2) is 0 Å². The molecule has 154 valence electrons. The standard InChI is InChI=1S/C22H23NO4S.ClH/c24-16-3-1-15(2-4-16)21-20(18-6-5-17(25)13-19(18)28-21)22(26)27-12-9-14-7-10-23-11-8-14;/h1-6,13-14,23-25H,7-12H2;1H. The van der Waals surface area contributed by atoms with Crippen molar-refractivity contribution in [2.24, 2.45) is 5.92 Å². The highest BCUT2D eigenvalue weighted by Crippen LogP contribution is 2.40. The molecule has 0 amide bonds. The number of phenolic OH excluding ortho intramolecular Hbond substituents is 2. The van der Waals surface area contributed by atoms with Crippen LogP contribution in [0.1, 0.15) is 29.6 Å². The molecule has 0 aliphatic carbocycles. The van der Waals surface area contributed by atoms with Crippen LogP contribution in [-0.4, -0.2) is 35.9 Å². The van der Waals surface area contributed by atoms with Crippen LogP contribution in [-0.2, 0) is 4.74 Å². The van der Waals surface area contributed by atoms with Gasteiger partial charge in [-0.2, -0.15) is 0 Å². The van der Waals surface area contributed by atoms with E-state index < -0.39 is 0 Å². The summed E-state index contributed by atoms with van der Waals surface area (Å²) in [6, 6.07) is 11.8. The van der Waals surface area contributed by atoms with Gasteiger partial charge >= 0.3 is 5.97 Å². The second kappa shape index (κ2) is 9.48. The lowest BCUT2D eigenvalue weighted by Gasteiger charge is -2.22. The minimum atomic E-state index is -0.339. The van der Waals surface area contributed by atoms with Gasteiger partial charge in [-0.1, -0.05) is 0 Å². The maximum atomic E-state index is 13.0. The average Bonchev–Trinajstić information content (AvgIpc) is 3.08. The van der Waals surface area contributed by atoms with Crippen LogP contribution in [0.3, 0.4) is 0 Å². The minimum absolute atomic E-state index is 0. The fourth-order valence-corrected chi connectivity index (χ4v) is 4.89. The topological polar surface area (TPSA) is 78.8 Å².